The minimum atomic E-state index is -0.149. The fourth-order valence-corrected chi connectivity index (χ4v) is 4.30. The fourth-order valence-electron chi connectivity index (χ4n) is 3.18. The molecule has 0 bridgehead atoms. The van der Waals surface area contributed by atoms with E-state index >= 15 is 0 Å². The zero-order valence-electron chi connectivity index (χ0n) is 15.7. The number of aryl methyl sites for hydroxylation is 2. The summed E-state index contributed by atoms with van der Waals surface area (Å²) in [5.41, 5.74) is 1.29. The molecular weight excluding hydrogens is 346 g/mol. The summed E-state index contributed by atoms with van der Waals surface area (Å²) in [4.78, 5) is 20.0. The van der Waals surface area contributed by atoms with E-state index in [9.17, 15) is 4.79 Å². The highest BCUT2D eigenvalue weighted by Crippen LogP contribution is 2.30. The highest BCUT2D eigenvalue weighted by Gasteiger charge is 2.25. The third kappa shape index (κ3) is 4.58. The summed E-state index contributed by atoms with van der Waals surface area (Å²) in [6.07, 6.45) is 3.58. The quantitative estimate of drug-likeness (QED) is 0.869. The van der Waals surface area contributed by atoms with Crippen LogP contribution in [0.4, 0.5) is 4.79 Å². The molecule has 1 aliphatic rings. The number of carbonyl (C=O) groups excluding carboxylic acids is 1. The van der Waals surface area contributed by atoms with Crippen LogP contribution in [-0.4, -0.2) is 44.0 Å². The van der Waals surface area contributed by atoms with Crippen LogP contribution in [0.5, 0.6) is 0 Å². The van der Waals surface area contributed by atoms with Crippen molar-refractivity contribution in [3.05, 3.63) is 42.0 Å². The van der Waals surface area contributed by atoms with Gasteiger partial charge in [-0.15, -0.1) is 11.8 Å². The molecule has 1 saturated heterocycles. The summed E-state index contributed by atoms with van der Waals surface area (Å²) in [6.45, 7) is 8.41. The predicted molar refractivity (Wildman–Crippen MR) is 104 cm³/mol. The first kappa shape index (κ1) is 18.8. The third-order valence-electron chi connectivity index (χ3n) is 4.73. The molecule has 0 aliphatic carbocycles. The standard InChI is InChI=1S/C19H27N5OS/c1-4-24-18(20-13-21-24)15(3)22-19(25)23-11-9-17(10-12-23)26-16-7-5-14(2)6-8-16/h5-8,13,15,17H,4,9-12H2,1-3H3,(H,22,25). The number of piperidine rings is 1. The summed E-state index contributed by atoms with van der Waals surface area (Å²) in [7, 11) is 0. The zero-order chi connectivity index (χ0) is 18.5. The van der Waals surface area contributed by atoms with Crippen LogP contribution in [0.1, 0.15) is 44.1 Å². The van der Waals surface area contributed by atoms with Crippen LogP contribution in [0.25, 0.3) is 0 Å². The van der Waals surface area contributed by atoms with Crippen molar-refractivity contribution in [1.29, 1.82) is 0 Å². The van der Waals surface area contributed by atoms with Gasteiger partial charge >= 0.3 is 6.03 Å². The van der Waals surface area contributed by atoms with Gasteiger partial charge in [0.15, 0.2) is 0 Å². The van der Waals surface area contributed by atoms with Crippen LogP contribution in [0, 0.1) is 6.92 Å². The maximum Gasteiger partial charge on any atom is 0.317 e. The van der Waals surface area contributed by atoms with Gasteiger partial charge in [0, 0.05) is 29.8 Å². The molecule has 2 aromatic rings. The molecule has 1 aliphatic heterocycles. The van der Waals surface area contributed by atoms with E-state index in [1.807, 2.05) is 35.2 Å². The Morgan fingerprint density at radius 2 is 2.00 bits per heavy atom. The first-order valence-electron chi connectivity index (χ1n) is 9.23. The number of thioether (sulfide) groups is 1. The molecule has 26 heavy (non-hydrogen) atoms. The maximum atomic E-state index is 12.6. The van der Waals surface area contributed by atoms with Gasteiger partial charge in [-0.05, 0) is 45.7 Å². The van der Waals surface area contributed by atoms with E-state index in [2.05, 4.69) is 46.6 Å². The first-order valence-corrected chi connectivity index (χ1v) is 10.1. The molecule has 1 N–H and O–H groups in total. The van der Waals surface area contributed by atoms with Gasteiger partial charge in [-0.25, -0.2) is 14.5 Å². The lowest BCUT2D eigenvalue weighted by atomic mass is 10.1. The minimum absolute atomic E-state index is 0.0121. The van der Waals surface area contributed by atoms with Gasteiger partial charge in [-0.3, -0.25) is 0 Å². The number of carbonyl (C=O) groups is 1. The molecule has 0 saturated carbocycles. The van der Waals surface area contributed by atoms with Crippen LogP contribution in [0.2, 0.25) is 0 Å². The second-order valence-electron chi connectivity index (χ2n) is 6.72. The van der Waals surface area contributed by atoms with Crippen LogP contribution in [0.15, 0.2) is 35.5 Å². The summed E-state index contributed by atoms with van der Waals surface area (Å²) in [5, 5.41) is 7.79. The average molecular weight is 374 g/mol. The maximum absolute atomic E-state index is 12.6. The number of hydrogen-bond acceptors (Lipinski definition) is 4. The van der Waals surface area contributed by atoms with Crippen molar-refractivity contribution in [2.75, 3.05) is 13.1 Å². The Morgan fingerprint density at radius 1 is 1.31 bits per heavy atom. The zero-order valence-corrected chi connectivity index (χ0v) is 16.5. The Labute approximate surface area is 159 Å². The van der Waals surface area contributed by atoms with Crippen molar-refractivity contribution in [3.63, 3.8) is 0 Å². The predicted octanol–water partition coefficient (Wildman–Crippen LogP) is 3.63. The van der Waals surface area contributed by atoms with Crippen molar-refractivity contribution >= 4 is 17.8 Å². The first-order chi connectivity index (χ1) is 12.6. The monoisotopic (exact) mass is 373 g/mol. The summed E-state index contributed by atoms with van der Waals surface area (Å²) in [6, 6.07) is 8.52. The molecule has 0 radical (unpaired) electrons. The van der Waals surface area contributed by atoms with Crippen molar-refractivity contribution < 1.29 is 4.79 Å². The summed E-state index contributed by atoms with van der Waals surface area (Å²) >= 11 is 1.92. The minimum Gasteiger partial charge on any atom is -0.328 e. The van der Waals surface area contributed by atoms with Crippen LogP contribution in [-0.2, 0) is 6.54 Å². The molecule has 6 nitrogen and oxygen atoms in total. The molecule has 3 rings (SSSR count). The second kappa shape index (κ2) is 8.58. The lowest BCUT2D eigenvalue weighted by molar-refractivity contribution is 0.184. The molecular formula is C19H27N5OS. The number of nitrogens with one attached hydrogen (secondary N) is 1. The van der Waals surface area contributed by atoms with Gasteiger partial charge < -0.3 is 10.2 Å². The van der Waals surface area contributed by atoms with Crippen LogP contribution < -0.4 is 5.32 Å². The van der Waals surface area contributed by atoms with Crippen molar-refractivity contribution in [3.8, 4) is 0 Å². The van der Waals surface area contributed by atoms with Crippen molar-refractivity contribution in [1.82, 2.24) is 25.0 Å². The molecule has 1 atom stereocenters. The second-order valence-corrected chi connectivity index (χ2v) is 8.10. The van der Waals surface area contributed by atoms with E-state index in [0.717, 1.165) is 38.3 Å². The van der Waals surface area contributed by atoms with Gasteiger partial charge in [0.1, 0.15) is 12.2 Å². The van der Waals surface area contributed by atoms with Crippen LogP contribution in [0.3, 0.4) is 0 Å². The van der Waals surface area contributed by atoms with E-state index in [-0.39, 0.29) is 12.1 Å². The fraction of sp³-hybridized carbons (Fsp3) is 0.526. The Kier molecular flexibility index (Phi) is 6.19. The number of rotatable bonds is 5. The number of benzene rings is 1. The molecule has 2 heterocycles. The molecule has 1 aromatic heterocycles. The molecule has 0 spiro atoms. The van der Waals surface area contributed by atoms with E-state index in [4.69, 9.17) is 0 Å². The molecule has 2 amide bonds. The van der Waals surface area contributed by atoms with Gasteiger partial charge in [-0.1, -0.05) is 17.7 Å². The summed E-state index contributed by atoms with van der Waals surface area (Å²) in [5.74, 6) is 0.797. The summed E-state index contributed by atoms with van der Waals surface area (Å²) < 4.78 is 1.81. The average Bonchev–Trinajstić information content (AvgIpc) is 3.13. The lowest BCUT2D eigenvalue weighted by Crippen LogP contribution is -2.46. The number of urea groups is 1. The number of nitrogens with zero attached hydrogens (tertiary/aromatic N) is 4. The Morgan fingerprint density at radius 3 is 2.65 bits per heavy atom. The molecule has 140 valence electrons. The van der Waals surface area contributed by atoms with E-state index < -0.39 is 0 Å². The van der Waals surface area contributed by atoms with Gasteiger partial charge in [-0.2, -0.15) is 5.10 Å². The Hall–Kier alpha value is -2.02. The number of amides is 2. The lowest BCUT2D eigenvalue weighted by Gasteiger charge is -2.32. The highest BCUT2D eigenvalue weighted by molar-refractivity contribution is 8.00. The van der Waals surface area contributed by atoms with Crippen molar-refractivity contribution in [2.24, 2.45) is 0 Å². The molecule has 1 unspecified atom stereocenters. The van der Waals surface area contributed by atoms with Gasteiger partial charge in [0.25, 0.3) is 0 Å². The SMILES string of the molecule is CCn1ncnc1C(C)NC(=O)N1CCC(Sc2ccc(C)cc2)CC1. The largest absolute Gasteiger partial charge is 0.328 e. The number of likely N-dealkylation sites (tertiary alicyclic amines) is 1. The number of aromatic nitrogens is 3. The molecule has 1 aromatic carbocycles. The molecule has 1 fully saturated rings. The normalized spacial score (nSPS) is 16.5. The Bertz CT molecular complexity index is 722. The van der Waals surface area contributed by atoms with Crippen LogP contribution >= 0.6 is 11.8 Å². The van der Waals surface area contributed by atoms with E-state index in [1.54, 1.807) is 0 Å². The van der Waals surface area contributed by atoms with Gasteiger partial charge in [0.2, 0.25) is 0 Å². The smallest absolute Gasteiger partial charge is 0.317 e. The van der Waals surface area contributed by atoms with E-state index in [1.165, 1.54) is 16.8 Å². The van der Waals surface area contributed by atoms with Gasteiger partial charge in [0.05, 0.1) is 6.04 Å². The Balaban J connectivity index is 1.48. The number of hydrogen-bond donors (Lipinski definition) is 1. The topological polar surface area (TPSA) is 63.1 Å². The molecule has 7 heteroatoms. The van der Waals surface area contributed by atoms with E-state index in [0.29, 0.717) is 5.25 Å². The highest BCUT2D eigenvalue weighted by atomic mass is 32.2. The third-order valence-corrected chi connectivity index (χ3v) is 6.07. The van der Waals surface area contributed by atoms with Crippen molar-refractivity contribution in [2.45, 2.75) is 56.3 Å².